The monoisotopic (exact) mass is 408 g/mol. The largest absolute Gasteiger partial charge is 0.478 e. The molecule has 2 aromatic carbocycles. The first-order valence-corrected chi connectivity index (χ1v) is 8.52. The van der Waals surface area contributed by atoms with Crippen LogP contribution in [0.3, 0.4) is 0 Å². The fraction of sp³-hybridized carbons (Fsp3) is 0.0556. The lowest BCUT2D eigenvalue weighted by Gasteiger charge is -2.12. The maximum atomic E-state index is 12.0. The smallest absolute Gasteiger partial charge is 0.336 e. The van der Waals surface area contributed by atoms with Crippen LogP contribution >= 0.6 is 35.4 Å². The number of hydrogen-bond donors (Lipinski definition) is 3. The first-order valence-electron chi connectivity index (χ1n) is 7.36. The predicted molar refractivity (Wildman–Crippen MR) is 108 cm³/mol. The Labute approximate surface area is 165 Å². The summed E-state index contributed by atoms with van der Waals surface area (Å²) in [7, 11) is 0. The molecule has 0 spiro atoms. The molecule has 0 aliphatic heterocycles. The van der Waals surface area contributed by atoms with Gasteiger partial charge in [0.25, 0.3) is 0 Å². The number of carbonyl (C=O) groups is 2. The predicted octanol–water partition coefficient (Wildman–Crippen LogP) is 4.53. The van der Waals surface area contributed by atoms with Gasteiger partial charge in [-0.15, -0.1) is 0 Å². The minimum absolute atomic E-state index is 0.0486. The normalized spacial score (nSPS) is 10.6. The van der Waals surface area contributed by atoms with Crippen molar-refractivity contribution in [3.05, 3.63) is 69.2 Å². The van der Waals surface area contributed by atoms with Crippen LogP contribution in [0.2, 0.25) is 10.0 Å². The number of halogens is 2. The number of thiocarbonyl (C=S) groups is 1. The molecule has 0 aliphatic rings. The van der Waals surface area contributed by atoms with Gasteiger partial charge >= 0.3 is 5.97 Å². The molecule has 134 valence electrons. The van der Waals surface area contributed by atoms with Crippen molar-refractivity contribution in [2.75, 3.05) is 5.32 Å². The zero-order chi connectivity index (χ0) is 19.3. The van der Waals surface area contributed by atoms with Gasteiger partial charge in [0.15, 0.2) is 5.11 Å². The lowest BCUT2D eigenvalue weighted by atomic mass is 10.1. The Morgan fingerprint density at radius 1 is 1.19 bits per heavy atom. The molecule has 3 N–H and O–H groups in total. The summed E-state index contributed by atoms with van der Waals surface area (Å²) in [5.74, 6) is -1.50. The molecule has 0 saturated heterocycles. The Morgan fingerprint density at radius 2 is 1.92 bits per heavy atom. The molecule has 0 fully saturated rings. The van der Waals surface area contributed by atoms with E-state index < -0.39 is 11.9 Å². The highest BCUT2D eigenvalue weighted by Crippen LogP contribution is 2.22. The number of carboxylic acids is 1. The van der Waals surface area contributed by atoms with Crippen LogP contribution in [0.15, 0.2) is 42.5 Å². The molecule has 0 radical (unpaired) electrons. The van der Waals surface area contributed by atoms with Crippen molar-refractivity contribution >= 4 is 64.2 Å². The molecule has 0 heterocycles. The summed E-state index contributed by atoms with van der Waals surface area (Å²) in [5.41, 5.74) is 1.80. The molecule has 0 aromatic heterocycles. The Kier molecular flexibility index (Phi) is 6.74. The number of carbonyl (C=O) groups excluding carboxylic acids is 1. The Hall–Kier alpha value is -2.41. The van der Waals surface area contributed by atoms with Crippen molar-refractivity contribution in [3.8, 4) is 0 Å². The molecule has 1 amide bonds. The van der Waals surface area contributed by atoms with E-state index in [1.807, 2.05) is 0 Å². The zero-order valence-electron chi connectivity index (χ0n) is 13.5. The molecule has 2 aromatic rings. The molecule has 0 bridgehead atoms. The highest BCUT2D eigenvalue weighted by molar-refractivity contribution is 7.80. The van der Waals surface area contributed by atoms with E-state index in [0.717, 1.165) is 0 Å². The van der Waals surface area contributed by atoms with Crippen LogP contribution in [-0.4, -0.2) is 22.1 Å². The molecule has 5 nitrogen and oxygen atoms in total. The Morgan fingerprint density at radius 3 is 2.58 bits per heavy atom. The minimum Gasteiger partial charge on any atom is -0.478 e. The standard InChI is InChI=1S/C18H14Cl2N2O3S/c1-10-13(17(24)25)3-2-4-15(10)21-18(26)22-16(23)8-6-11-5-7-12(19)9-14(11)20/h2-9H,1H3,(H,24,25)(H2,21,22,23,26). The lowest BCUT2D eigenvalue weighted by Crippen LogP contribution is -2.33. The topological polar surface area (TPSA) is 78.4 Å². The van der Waals surface area contributed by atoms with E-state index in [1.165, 1.54) is 18.2 Å². The van der Waals surface area contributed by atoms with Gasteiger partial charge in [-0.05, 0) is 60.6 Å². The zero-order valence-corrected chi connectivity index (χ0v) is 15.9. The average molecular weight is 409 g/mol. The van der Waals surface area contributed by atoms with E-state index in [2.05, 4.69) is 10.6 Å². The summed E-state index contributed by atoms with van der Waals surface area (Å²) in [5, 5.41) is 15.4. The molecule has 26 heavy (non-hydrogen) atoms. The van der Waals surface area contributed by atoms with Gasteiger partial charge in [0, 0.05) is 21.8 Å². The Balaban J connectivity index is 2.01. The molecule has 2 rings (SSSR count). The number of carboxylic acid groups (broad SMARTS) is 1. The molecule has 0 aliphatic carbocycles. The maximum absolute atomic E-state index is 12.0. The maximum Gasteiger partial charge on any atom is 0.336 e. The third-order valence-corrected chi connectivity index (χ3v) is 4.19. The van der Waals surface area contributed by atoms with Gasteiger partial charge in [-0.3, -0.25) is 10.1 Å². The fourth-order valence-electron chi connectivity index (χ4n) is 2.11. The molecule has 8 heteroatoms. The van der Waals surface area contributed by atoms with Crippen LogP contribution < -0.4 is 10.6 Å². The fourth-order valence-corrected chi connectivity index (χ4v) is 2.79. The lowest BCUT2D eigenvalue weighted by molar-refractivity contribution is -0.115. The van der Waals surface area contributed by atoms with Crippen LogP contribution in [-0.2, 0) is 4.79 Å². The summed E-state index contributed by atoms with van der Waals surface area (Å²) >= 11 is 16.9. The number of nitrogens with one attached hydrogen (secondary N) is 2. The number of amides is 1. The van der Waals surface area contributed by atoms with Gasteiger partial charge in [0.1, 0.15) is 0 Å². The molecule has 0 saturated carbocycles. The van der Waals surface area contributed by atoms with Crippen LogP contribution in [0.25, 0.3) is 6.08 Å². The first-order chi connectivity index (χ1) is 12.3. The second kappa shape index (κ2) is 8.80. The summed E-state index contributed by atoms with van der Waals surface area (Å²) in [6.07, 6.45) is 2.82. The second-order valence-electron chi connectivity index (χ2n) is 5.23. The van der Waals surface area contributed by atoms with Gasteiger partial charge in [-0.2, -0.15) is 0 Å². The van der Waals surface area contributed by atoms with Crippen molar-refractivity contribution in [1.29, 1.82) is 0 Å². The molecular formula is C18H14Cl2N2O3S. The van der Waals surface area contributed by atoms with E-state index in [9.17, 15) is 9.59 Å². The van der Waals surface area contributed by atoms with Gasteiger partial charge in [-0.25, -0.2) is 4.79 Å². The van der Waals surface area contributed by atoms with Crippen molar-refractivity contribution in [1.82, 2.24) is 5.32 Å². The average Bonchev–Trinajstić information content (AvgIpc) is 2.55. The third kappa shape index (κ3) is 5.29. The molecule has 0 atom stereocenters. The van der Waals surface area contributed by atoms with Gasteiger partial charge < -0.3 is 10.4 Å². The Bertz CT molecular complexity index is 913. The molecule has 0 unspecified atom stereocenters. The minimum atomic E-state index is -1.04. The number of hydrogen-bond acceptors (Lipinski definition) is 3. The summed E-state index contributed by atoms with van der Waals surface area (Å²) < 4.78 is 0. The molecular weight excluding hydrogens is 395 g/mol. The summed E-state index contributed by atoms with van der Waals surface area (Å²) in [6.45, 7) is 1.65. The van der Waals surface area contributed by atoms with Gasteiger partial charge in [0.2, 0.25) is 5.91 Å². The highest BCUT2D eigenvalue weighted by atomic mass is 35.5. The van der Waals surface area contributed by atoms with Crippen LogP contribution in [0, 0.1) is 6.92 Å². The highest BCUT2D eigenvalue weighted by Gasteiger charge is 2.11. The quantitative estimate of drug-likeness (QED) is 0.511. The van der Waals surface area contributed by atoms with E-state index in [4.69, 9.17) is 40.5 Å². The SMILES string of the molecule is Cc1c(NC(=S)NC(=O)C=Cc2ccc(Cl)cc2Cl)cccc1C(=O)O. The van der Waals surface area contributed by atoms with Crippen molar-refractivity contribution in [3.63, 3.8) is 0 Å². The van der Waals surface area contributed by atoms with Crippen molar-refractivity contribution in [2.24, 2.45) is 0 Å². The van der Waals surface area contributed by atoms with Crippen LogP contribution in [0.4, 0.5) is 5.69 Å². The van der Waals surface area contributed by atoms with Gasteiger partial charge in [0.05, 0.1) is 5.56 Å². The summed E-state index contributed by atoms with van der Waals surface area (Å²) in [6, 6.07) is 9.67. The first kappa shape index (κ1) is 19.9. The number of anilines is 1. The second-order valence-corrected chi connectivity index (χ2v) is 6.48. The van der Waals surface area contributed by atoms with Crippen LogP contribution in [0.1, 0.15) is 21.5 Å². The number of benzene rings is 2. The third-order valence-electron chi connectivity index (χ3n) is 3.43. The van der Waals surface area contributed by atoms with E-state index in [-0.39, 0.29) is 10.7 Å². The van der Waals surface area contributed by atoms with Crippen molar-refractivity contribution in [2.45, 2.75) is 6.92 Å². The van der Waals surface area contributed by atoms with E-state index in [0.29, 0.717) is 26.9 Å². The van der Waals surface area contributed by atoms with Crippen molar-refractivity contribution < 1.29 is 14.7 Å². The summed E-state index contributed by atoms with van der Waals surface area (Å²) in [4.78, 5) is 23.1. The van der Waals surface area contributed by atoms with Crippen LogP contribution in [0.5, 0.6) is 0 Å². The van der Waals surface area contributed by atoms with Gasteiger partial charge in [-0.1, -0.05) is 35.3 Å². The van der Waals surface area contributed by atoms with E-state index >= 15 is 0 Å². The number of rotatable bonds is 4. The number of aromatic carboxylic acids is 1. The van der Waals surface area contributed by atoms with E-state index in [1.54, 1.807) is 37.3 Å².